The third kappa shape index (κ3) is 4.88. The predicted octanol–water partition coefficient (Wildman–Crippen LogP) is 4.30. The first-order valence-electron chi connectivity index (χ1n) is 10.4. The maximum Gasteiger partial charge on any atom is 0.358 e. The van der Waals surface area contributed by atoms with Gasteiger partial charge in [0.1, 0.15) is 0 Å². The minimum absolute atomic E-state index is 0.269. The Morgan fingerprint density at radius 2 is 2.00 bits per heavy atom. The number of carbonyl (C=O) groups excluding carboxylic acids is 1. The molecule has 0 unspecified atom stereocenters. The highest BCUT2D eigenvalue weighted by atomic mass is 16.7. The van der Waals surface area contributed by atoms with Gasteiger partial charge in [-0.3, -0.25) is 4.68 Å². The lowest BCUT2D eigenvalue weighted by atomic mass is 10.1. The molecule has 1 fully saturated rings. The molecule has 1 atom stereocenters. The van der Waals surface area contributed by atoms with Gasteiger partial charge in [-0.1, -0.05) is 30.3 Å². The fraction of sp³-hybridized carbons (Fsp3) is 0.333. The fourth-order valence-corrected chi connectivity index (χ4v) is 3.54. The van der Waals surface area contributed by atoms with Crippen molar-refractivity contribution in [1.29, 1.82) is 0 Å². The van der Waals surface area contributed by atoms with E-state index in [1.807, 2.05) is 48.5 Å². The molecule has 1 aliphatic rings. The lowest BCUT2D eigenvalue weighted by Gasteiger charge is -2.17. The number of aromatic nitrogens is 2. The number of hydrogen-bond acceptors (Lipinski definition) is 6. The molecule has 31 heavy (non-hydrogen) atoms. The Bertz CT molecular complexity index is 1030. The molecule has 0 amide bonds. The van der Waals surface area contributed by atoms with Crippen LogP contribution >= 0.6 is 0 Å². The zero-order chi connectivity index (χ0) is 21.6. The van der Waals surface area contributed by atoms with Crippen molar-refractivity contribution in [3.05, 3.63) is 65.9 Å². The van der Waals surface area contributed by atoms with Crippen molar-refractivity contribution in [3.63, 3.8) is 0 Å². The van der Waals surface area contributed by atoms with Crippen LogP contribution in [0.5, 0.6) is 11.5 Å². The molecule has 1 aliphatic heterocycles. The molecular weight excluding hydrogens is 396 g/mol. The molecule has 2 heterocycles. The quantitative estimate of drug-likeness (QED) is 0.504. The minimum Gasteiger partial charge on any atom is -0.493 e. The third-order valence-corrected chi connectivity index (χ3v) is 5.05. The highest BCUT2D eigenvalue weighted by Gasteiger charge is 2.21. The standard InChI is InChI=1S/C24H26N2O5/c1-3-29-24(27)19-15-20(26(25-19)16-17-8-5-4-6-9-17)18-11-12-21(28-2)22(14-18)31-23-10-7-13-30-23/h4-6,8-9,11-12,14-15,23H,3,7,10,13,16H2,1-2H3/t23-/m0/s1. The van der Waals surface area contributed by atoms with Gasteiger partial charge in [-0.25, -0.2) is 4.79 Å². The third-order valence-electron chi connectivity index (χ3n) is 5.05. The molecule has 2 aromatic carbocycles. The van der Waals surface area contributed by atoms with Gasteiger partial charge in [0.25, 0.3) is 0 Å². The van der Waals surface area contributed by atoms with Gasteiger partial charge in [-0.2, -0.15) is 5.10 Å². The first-order chi connectivity index (χ1) is 15.2. The summed E-state index contributed by atoms with van der Waals surface area (Å²) in [6, 6.07) is 17.4. The maximum atomic E-state index is 12.3. The van der Waals surface area contributed by atoms with Crippen molar-refractivity contribution in [2.75, 3.05) is 20.3 Å². The van der Waals surface area contributed by atoms with Gasteiger partial charge >= 0.3 is 5.97 Å². The summed E-state index contributed by atoms with van der Waals surface area (Å²) in [6.07, 6.45) is 1.53. The van der Waals surface area contributed by atoms with Crippen LogP contribution in [0.1, 0.15) is 35.8 Å². The van der Waals surface area contributed by atoms with Crippen molar-refractivity contribution in [2.24, 2.45) is 0 Å². The number of carbonyl (C=O) groups is 1. The smallest absolute Gasteiger partial charge is 0.358 e. The second-order valence-electron chi connectivity index (χ2n) is 7.20. The highest BCUT2D eigenvalue weighted by Crippen LogP contribution is 2.35. The molecule has 7 heteroatoms. The van der Waals surface area contributed by atoms with E-state index in [-0.39, 0.29) is 12.0 Å². The highest BCUT2D eigenvalue weighted by molar-refractivity contribution is 5.88. The average Bonchev–Trinajstić information content (AvgIpc) is 3.45. The maximum absolute atomic E-state index is 12.3. The summed E-state index contributed by atoms with van der Waals surface area (Å²) < 4.78 is 24.1. The normalized spacial score (nSPS) is 15.6. The first kappa shape index (κ1) is 20.9. The van der Waals surface area contributed by atoms with Crippen molar-refractivity contribution >= 4 is 5.97 Å². The summed E-state index contributed by atoms with van der Waals surface area (Å²) in [6.45, 7) is 3.28. The van der Waals surface area contributed by atoms with Crippen LogP contribution in [0.25, 0.3) is 11.3 Å². The summed E-state index contributed by atoms with van der Waals surface area (Å²) >= 11 is 0. The Kier molecular flexibility index (Phi) is 6.52. The van der Waals surface area contributed by atoms with E-state index in [9.17, 15) is 4.79 Å². The van der Waals surface area contributed by atoms with Gasteiger partial charge in [0, 0.05) is 12.0 Å². The molecule has 1 saturated heterocycles. The van der Waals surface area contributed by atoms with Crippen LogP contribution in [0.3, 0.4) is 0 Å². The van der Waals surface area contributed by atoms with E-state index in [2.05, 4.69) is 5.10 Å². The molecule has 0 aliphatic carbocycles. The minimum atomic E-state index is -0.445. The van der Waals surface area contributed by atoms with Gasteiger partial charge in [0.2, 0.25) is 0 Å². The van der Waals surface area contributed by atoms with Gasteiger partial charge < -0.3 is 18.9 Å². The number of esters is 1. The topological polar surface area (TPSA) is 71.8 Å². The van der Waals surface area contributed by atoms with Crippen molar-refractivity contribution < 1.29 is 23.7 Å². The van der Waals surface area contributed by atoms with E-state index < -0.39 is 5.97 Å². The molecule has 1 aromatic heterocycles. The number of nitrogens with zero attached hydrogens (tertiary/aromatic N) is 2. The number of ether oxygens (including phenoxy) is 4. The first-order valence-corrected chi connectivity index (χ1v) is 10.4. The Labute approximate surface area is 181 Å². The van der Waals surface area contributed by atoms with E-state index in [0.29, 0.717) is 31.3 Å². The lowest BCUT2D eigenvalue weighted by Crippen LogP contribution is -2.14. The van der Waals surface area contributed by atoms with Crippen LogP contribution in [0.4, 0.5) is 0 Å². The second-order valence-corrected chi connectivity index (χ2v) is 7.20. The number of methoxy groups -OCH3 is 1. The second kappa shape index (κ2) is 9.66. The van der Waals surface area contributed by atoms with E-state index >= 15 is 0 Å². The van der Waals surface area contributed by atoms with E-state index in [1.165, 1.54) is 0 Å². The van der Waals surface area contributed by atoms with Gasteiger partial charge in [-0.15, -0.1) is 0 Å². The van der Waals surface area contributed by atoms with Crippen molar-refractivity contribution in [2.45, 2.75) is 32.6 Å². The van der Waals surface area contributed by atoms with E-state index in [1.54, 1.807) is 24.8 Å². The fourth-order valence-electron chi connectivity index (χ4n) is 3.54. The molecule has 7 nitrogen and oxygen atoms in total. The van der Waals surface area contributed by atoms with Crippen LogP contribution in [0.15, 0.2) is 54.6 Å². The zero-order valence-corrected chi connectivity index (χ0v) is 17.7. The molecule has 0 radical (unpaired) electrons. The molecule has 0 spiro atoms. The zero-order valence-electron chi connectivity index (χ0n) is 17.7. The summed E-state index contributed by atoms with van der Waals surface area (Å²) in [5.41, 5.74) is 2.98. The molecular formula is C24H26N2O5. The molecule has 3 aromatic rings. The molecule has 162 valence electrons. The largest absolute Gasteiger partial charge is 0.493 e. The number of rotatable bonds is 8. The van der Waals surface area contributed by atoms with Crippen LogP contribution in [-0.2, 0) is 16.0 Å². The summed E-state index contributed by atoms with van der Waals surface area (Å²) in [5, 5.41) is 4.52. The van der Waals surface area contributed by atoms with Crippen molar-refractivity contribution in [3.8, 4) is 22.8 Å². The Morgan fingerprint density at radius 1 is 1.16 bits per heavy atom. The van der Waals surface area contributed by atoms with Crippen LogP contribution < -0.4 is 9.47 Å². The van der Waals surface area contributed by atoms with E-state index in [0.717, 1.165) is 29.7 Å². The van der Waals surface area contributed by atoms with Crippen molar-refractivity contribution in [1.82, 2.24) is 9.78 Å². The van der Waals surface area contributed by atoms with Gasteiger partial charge in [0.05, 0.1) is 32.6 Å². The van der Waals surface area contributed by atoms with Gasteiger partial charge in [0.15, 0.2) is 23.5 Å². The Hall–Kier alpha value is -3.32. The molecule has 4 rings (SSSR count). The lowest BCUT2D eigenvalue weighted by molar-refractivity contribution is -0.0402. The van der Waals surface area contributed by atoms with Gasteiger partial charge in [-0.05, 0) is 43.2 Å². The summed E-state index contributed by atoms with van der Waals surface area (Å²) in [7, 11) is 1.61. The van der Waals surface area contributed by atoms with E-state index in [4.69, 9.17) is 18.9 Å². The SMILES string of the molecule is CCOC(=O)c1cc(-c2ccc(OC)c(O[C@H]3CCCO3)c2)n(Cc2ccccc2)n1. The molecule has 0 bridgehead atoms. The van der Waals surface area contributed by atoms with Crippen LogP contribution in [0.2, 0.25) is 0 Å². The number of benzene rings is 2. The molecule has 0 saturated carbocycles. The average molecular weight is 422 g/mol. The predicted molar refractivity (Wildman–Crippen MR) is 115 cm³/mol. The van der Waals surface area contributed by atoms with Crippen LogP contribution in [0, 0.1) is 0 Å². The summed E-state index contributed by atoms with van der Waals surface area (Å²) in [5.74, 6) is 0.774. The summed E-state index contributed by atoms with van der Waals surface area (Å²) in [4.78, 5) is 12.3. The molecule has 0 N–H and O–H groups in total. The number of hydrogen-bond donors (Lipinski definition) is 0. The Balaban J connectivity index is 1.71. The monoisotopic (exact) mass is 422 g/mol. The van der Waals surface area contributed by atoms with Crippen LogP contribution in [-0.4, -0.2) is 42.4 Å². The Morgan fingerprint density at radius 3 is 2.71 bits per heavy atom.